The summed E-state index contributed by atoms with van der Waals surface area (Å²) in [5, 5.41) is 21.3. The molecule has 0 aliphatic carbocycles. The minimum absolute atomic E-state index is 0.0292. The molecule has 2 N–H and O–H groups in total. The van der Waals surface area contributed by atoms with Gasteiger partial charge in [0.1, 0.15) is 5.75 Å². The fraction of sp³-hybridized carbons (Fsp3) is 0.529. The van der Waals surface area contributed by atoms with Crippen LogP contribution in [0.25, 0.3) is 0 Å². The minimum Gasteiger partial charge on any atom is -0.497 e. The van der Waals surface area contributed by atoms with Gasteiger partial charge in [0.25, 0.3) is 0 Å². The van der Waals surface area contributed by atoms with Gasteiger partial charge in [-0.2, -0.15) is 5.26 Å². The van der Waals surface area contributed by atoms with E-state index in [0.29, 0.717) is 12.2 Å². The number of aliphatic carboxylic acids is 1. The van der Waals surface area contributed by atoms with Crippen molar-refractivity contribution in [3.8, 4) is 11.8 Å². The van der Waals surface area contributed by atoms with Gasteiger partial charge in [0.2, 0.25) is 0 Å². The molecule has 0 aromatic heterocycles. The van der Waals surface area contributed by atoms with Crippen LogP contribution >= 0.6 is 0 Å². The largest absolute Gasteiger partial charge is 0.497 e. The summed E-state index contributed by atoms with van der Waals surface area (Å²) in [6, 6.07) is 9.62. The first-order valence-electron chi connectivity index (χ1n) is 7.27. The lowest BCUT2D eigenvalue weighted by atomic mass is 9.69. The molecule has 0 amide bonds. The van der Waals surface area contributed by atoms with Gasteiger partial charge in [-0.3, -0.25) is 4.79 Å². The maximum absolute atomic E-state index is 10.9. The molecular weight excluding hydrogens is 280 g/mol. The predicted octanol–water partition coefficient (Wildman–Crippen LogP) is 2.81. The first-order chi connectivity index (χ1) is 10.4. The summed E-state index contributed by atoms with van der Waals surface area (Å²) in [6.07, 6.45) is 0.531. The molecule has 5 heteroatoms. The zero-order chi connectivity index (χ0) is 17.2. The Labute approximate surface area is 132 Å². The zero-order valence-corrected chi connectivity index (χ0v) is 14.0. The standard InChI is InChI=1S/C15H19NO3.C2H7N/c1-4-15(10-16,11(2)8-14(17)18)12-6-5-7-13(9-12)19-3;1-3-2/h5-7,9,11H,4,8H2,1-3H3,(H,17,18);3H,1-2H3. The van der Waals surface area contributed by atoms with Crippen LogP contribution in [0.5, 0.6) is 5.75 Å². The fourth-order valence-electron chi connectivity index (χ4n) is 2.43. The third kappa shape index (κ3) is 5.05. The number of carboxylic acid groups (broad SMARTS) is 1. The highest BCUT2D eigenvalue weighted by atomic mass is 16.5. The molecule has 1 rings (SSSR count). The Morgan fingerprint density at radius 2 is 2.09 bits per heavy atom. The number of carboxylic acids is 1. The molecule has 0 saturated heterocycles. The van der Waals surface area contributed by atoms with E-state index in [2.05, 4.69) is 11.4 Å². The maximum atomic E-state index is 10.9. The van der Waals surface area contributed by atoms with Crippen LogP contribution in [0.2, 0.25) is 0 Å². The quantitative estimate of drug-likeness (QED) is 0.844. The number of nitriles is 1. The molecule has 0 aliphatic heterocycles. The number of nitrogens with zero attached hydrogens (tertiary/aromatic N) is 1. The van der Waals surface area contributed by atoms with Crippen LogP contribution in [0.4, 0.5) is 0 Å². The van der Waals surface area contributed by atoms with Crippen LogP contribution in [0.15, 0.2) is 24.3 Å². The first kappa shape index (κ1) is 19.9. The molecule has 2 unspecified atom stereocenters. The Morgan fingerprint density at radius 1 is 1.50 bits per heavy atom. The van der Waals surface area contributed by atoms with E-state index in [4.69, 9.17) is 9.84 Å². The summed E-state index contributed by atoms with van der Waals surface area (Å²) >= 11 is 0. The predicted molar refractivity (Wildman–Crippen MR) is 87.0 cm³/mol. The van der Waals surface area contributed by atoms with Crippen LogP contribution in [0.1, 0.15) is 32.3 Å². The van der Waals surface area contributed by atoms with Crippen molar-refractivity contribution in [3.63, 3.8) is 0 Å². The third-order valence-electron chi connectivity index (χ3n) is 3.66. The molecule has 0 radical (unpaired) electrons. The summed E-state index contributed by atoms with van der Waals surface area (Å²) in [5.74, 6) is -0.483. The van der Waals surface area contributed by atoms with Gasteiger partial charge in [-0.15, -0.1) is 0 Å². The van der Waals surface area contributed by atoms with Crippen molar-refractivity contribution in [1.29, 1.82) is 5.26 Å². The van der Waals surface area contributed by atoms with Crippen LogP contribution in [-0.4, -0.2) is 32.3 Å². The molecule has 1 aromatic carbocycles. The molecule has 2 atom stereocenters. The lowest BCUT2D eigenvalue weighted by Crippen LogP contribution is -2.33. The van der Waals surface area contributed by atoms with Gasteiger partial charge < -0.3 is 15.2 Å². The summed E-state index contributed by atoms with van der Waals surface area (Å²) < 4.78 is 5.17. The molecule has 0 spiro atoms. The SMILES string of the molecule is CCC(C#N)(c1cccc(OC)c1)C(C)CC(=O)O.CNC. The van der Waals surface area contributed by atoms with Crippen LogP contribution in [-0.2, 0) is 10.2 Å². The average molecular weight is 306 g/mol. The highest BCUT2D eigenvalue weighted by molar-refractivity contribution is 5.67. The van der Waals surface area contributed by atoms with E-state index in [1.165, 1.54) is 0 Å². The van der Waals surface area contributed by atoms with E-state index in [9.17, 15) is 10.1 Å². The second kappa shape index (κ2) is 9.80. The van der Waals surface area contributed by atoms with Crippen molar-refractivity contribution >= 4 is 5.97 Å². The lowest BCUT2D eigenvalue weighted by Gasteiger charge is -2.31. The number of methoxy groups -OCH3 is 1. The second-order valence-corrected chi connectivity index (χ2v) is 5.17. The Bertz CT molecular complexity index is 511. The van der Waals surface area contributed by atoms with Crippen LogP contribution in [0, 0.1) is 17.2 Å². The number of nitrogens with one attached hydrogen (secondary N) is 1. The van der Waals surface area contributed by atoms with E-state index in [1.54, 1.807) is 14.0 Å². The molecule has 0 heterocycles. The summed E-state index contributed by atoms with van der Waals surface area (Å²) in [6.45, 7) is 3.71. The normalized spacial score (nSPS) is 13.8. The molecule has 122 valence electrons. The molecule has 0 aliphatic rings. The third-order valence-corrected chi connectivity index (χ3v) is 3.66. The fourth-order valence-corrected chi connectivity index (χ4v) is 2.43. The van der Waals surface area contributed by atoms with Gasteiger partial charge >= 0.3 is 5.97 Å². The summed E-state index contributed by atoms with van der Waals surface area (Å²) in [5.41, 5.74) is 0.0121. The zero-order valence-electron chi connectivity index (χ0n) is 14.0. The molecule has 0 bridgehead atoms. The van der Waals surface area contributed by atoms with E-state index in [-0.39, 0.29) is 12.3 Å². The lowest BCUT2D eigenvalue weighted by molar-refractivity contribution is -0.138. The van der Waals surface area contributed by atoms with Crippen molar-refractivity contribution in [1.82, 2.24) is 5.32 Å². The molecule has 0 fully saturated rings. The van der Waals surface area contributed by atoms with Crippen molar-refractivity contribution in [2.45, 2.75) is 32.1 Å². The van der Waals surface area contributed by atoms with Crippen molar-refractivity contribution in [3.05, 3.63) is 29.8 Å². The Hall–Kier alpha value is -2.06. The number of hydrogen-bond acceptors (Lipinski definition) is 4. The van der Waals surface area contributed by atoms with Gasteiger partial charge in [0.05, 0.1) is 18.6 Å². The van der Waals surface area contributed by atoms with Gasteiger partial charge in [-0.25, -0.2) is 0 Å². The van der Waals surface area contributed by atoms with Crippen molar-refractivity contribution in [2.24, 2.45) is 5.92 Å². The monoisotopic (exact) mass is 306 g/mol. The van der Waals surface area contributed by atoms with Gasteiger partial charge in [-0.1, -0.05) is 26.0 Å². The summed E-state index contributed by atoms with van der Waals surface area (Å²) in [4.78, 5) is 10.9. The Kier molecular flexibility index (Phi) is 8.88. The number of hydrogen-bond donors (Lipinski definition) is 2. The Balaban J connectivity index is 0.00000135. The van der Waals surface area contributed by atoms with Gasteiger partial charge in [0, 0.05) is 6.42 Å². The van der Waals surface area contributed by atoms with E-state index in [0.717, 1.165) is 5.56 Å². The number of ether oxygens (including phenoxy) is 1. The van der Waals surface area contributed by atoms with Crippen molar-refractivity contribution < 1.29 is 14.6 Å². The van der Waals surface area contributed by atoms with Crippen LogP contribution < -0.4 is 10.1 Å². The molecule has 0 saturated carbocycles. The topological polar surface area (TPSA) is 82.3 Å². The smallest absolute Gasteiger partial charge is 0.303 e. The maximum Gasteiger partial charge on any atom is 0.303 e. The van der Waals surface area contributed by atoms with Crippen LogP contribution in [0.3, 0.4) is 0 Å². The second-order valence-electron chi connectivity index (χ2n) is 5.17. The number of rotatable bonds is 6. The minimum atomic E-state index is -0.886. The summed E-state index contributed by atoms with van der Waals surface area (Å²) in [7, 11) is 5.32. The van der Waals surface area contributed by atoms with E-state index < -0.39 is 11.4 Å². The molecular formula is C17H26N2O3. The highest BCUT2D eigenvalue weighted by Crippen LogP contribution is 2.38. The van der Waals surface area contributed by atoms with Gasteiger partial charge in [-0.05, 0) is 44.1 Å². The highest BCUT2D eigenvalue weighted by Gasteiger charge is 2.38. The van der Waals surface area contributed by atoms with E-state index in [1.807, 2.05) is 45.3 Å². The molecule has 5 nitrogen and oxygen atoms in total. The first-order valence-corrected chi connectivity index (χ1v) is 7.27. The van der Waals surface area contributed by atoms with Crippen molar-refractivity contribution in [2.75, 3.05) is 21.2 Å². The average Bonchev–Trinajstić information content (AvgIpc) is 2.49. The van der Waals surface area contributed by atoms with Gasteiger partial charge in [0.15, 0.2) is 0 Å². The Morgan fingerprint density at radius 3 is 2.50 bits per heavy atom. The number of carbonyl (C=O) groups is 1. The molecule has 1 aromatic rings. The molecule has 22 heavy (non-hydrogen) atoms. The number of benzene rings is 1. The van der Waals surface area contributed by atoms with E-state index >= 15 is 0 Å².